The monoisotopic (exact) mass is 326 g/mol. The molecule has 2 aromatic rings. The van der Waals surface area contributed by atoms with Crippen LogP contribution in [0.3, 0.4) is 0 Å². The number of carboxylic acid groups (broad SMARTS) is 1. The first-order chi connectivity index (χ1) is 11.5. The fourth-order valence-electron chi connectivity index (χ4n) is 2.44. The summed E-state index contributed by atoms with van der Waals surface area (Å²) >= 11 is 0. The lowest BCUT2D eigenvalue weighted by molar-refractivity contribution is -0.130. The van der Waals surface area contributed by atoms with Gasteiger partial charge in [-0.1, -0.05) is 30.3 Å². The van der Waals surface area contributed by atoms with Crippen LogP contribution in [0.5, 0.6) is 11.5 Å². The van der Waals surface area contributed by atoms with E-state index in [1.54, 1.807) is 19.3 Å². The highest BCUT2D eigenvalue weighted by Gasteiger charge is 2.15. The van der Waals surface area contributed by atoms with Gasteiger partial charge in [-0.05, 0) is 49.6 Å². The van der Waals surface area contributed by atoms with Crippen molar-refractivity contribution in [2.24, 2.45) is 0 Å². The number of benzene rings is 2. The van der Waals surface area contributed by atoms with Crippen LogP contribution in [0.25, 0.3) is 11.6 Å². The maximum absolute atomic E-state index is 11.8. The summed E-state index contributed by atoms with van der Waals surface area (Å²) in [4.78, 5) is 11.8. The van der Waals surface area contributed by atoms with E-state index in [-0.39, 0.29) is 5.57 Å². The second-order valence-electron chi connectivity index (χ2n) is 5.47. The summed E-state index contributed by atoms with van der Waals surface area (Å²) in [5, 5.41) is 9.66. The molecule has 0 aliphatic rings. The molecule has 4 nitrogen and oxygen atoms in total. The van der Waals surface area contributed by atoms with Gasteiger partial charge in [0, 0.05) is 5.56 Å². The molecule has 4 heteroatoms. The molecule has 0 saturated heterocycles. The van der Waals surface area contributed by atoms with Crippen molar-refractivity contribution in [3.63, 3.8) is 0 Å². The molecule has 0 heterocycles. The molecular weight excluding hydrogens is 304 g/mol. The molecule has 0 amide bonds. The minimum absolute atomic E-state index is 0.215. The third kappa shape index (κ3) is 3.77. The fraction of sp³-hybridized carbons (Fsp3) is 0.250. The highest BCUT2D eigenvalue weighted by Crippen LogP contribution is 2.34. The topological polar surface area (TPSA) is 55.8 Å². The van der Waals surface area contributed by atoms with Crippen molar-refractivity contribution in [2.75, 3.05) is 13.7 Å². The molecule has 0 atom stereocenters. The molecule has 0 aliphatic carbocycles. The van der Waals surface area contributed by atoms with E-state index in [4.69, 9.17) is 9.47 Å². The molecule has 2 rings (SSSR count). The Bertz CT molecular complexity index is 775. The van der Waals surface area contributed by atoms with Crippen LogP contribution in [0.4, 0.5) is 0 Å². The van der Waals surface area contributed by atoms with Crippen molar-refractivity contribution in [2.45, 2.75) is 20.8 Å². The van der Waals surface area contributed by atoms with Crippen LogP contribution in [-0.2, 0) is 4.79 Å². The number of aryl methyl sites for hydroxylation is 2. The molecule has 0 fully saturated rings. The number of ether oxygens (including phenoxy) is 2. The van der Waals surface area contributed by atoms with Gasteiger partial charge in [0.25, 0.3) is 0 Å². The van der Waals surface area contributed by atoms with Gasteiger partial charge in [-0.15, -0.1) is 0 Å². The third-order valence-corrected chi connectivity index (χ3v) is 3.87. The van der Waals surface area contributed by atoms with Crippen molar-refractivity contribution in [3.8, 4) is 11.5 Å². The molecule has 126 valence electrons. The van der Waals surface area contributed by atoms with Gasteiger partial charge in [-0.25, -0.2) is 4.79 Å². The molecule has 0 aromatic heterocycles. The Kier molecular flexibility index (Phi) is 5.64. The maximum Gasteiger partial charge on any atom is 0.336 e. The van der Waals surface area contributed by atoms with Crippen LogP contribution < -0.4 is 9.47 Å². The predicted octanol–water partition coefficient (Wildman–Crippen LogP) is 4.34. The molecule has 1 N–H and O–H groups in total. The Morgan fingerprint density at radius 3 is 2.50 bits per heavy atom. The highest BCUT2D eigenvalue weighted by atomic mass is 16.5. The summed E-state index contributed by atoms with van der Waals surface area (Å²) in [5.41, 5.74) is 3.73. The standard InChI is InChI=1S/C20H22O4/c1-5-24-19-16(7-6-8-18(19)23-4)12-17(20(21)22)15-10-9-13(2)14(3)11-15/h6-12H,5H2,1-4H3,(H,21,22)/b17-12-. The molecule has 24 heavy (non-hydrogen) atoms. The van der Waals surface area contributed by atoms with Crippen LogP contribution in [-0.4, -0.2) is 24.8 Å². The summed E-state index contributed by atoms with van der Waals surface area (Å²) in [6.45, 7) is 6.31. The Morgan fingerprint density at radius 2 is 1.92 bits per heavy atom. The summed E-state index contributed by atoms with van der Waals surface area (Å²) in [5.74, 6) is 0.143. The van der Waals surface area contributed by atoms with Crippen molar-refractivity contribution in [1.82, 2.24) is 0 Å². The van der Waals surface area contributed by atoms with Crippen LogP contribution in [0.1, 0.15) is 29.2 Å². The zero-order valence-corrected chi connectivity index (χ0v) is 14.4. The first kappa shape index (κ1) is 17.6. The number of rotatable bonds is 6. The molecule has 2 aromatic carbocycles. The van der Waals surface area contributed by atoms with Gasteiger partial charge in [-0.2, -0.15) is 0 Å². The van der Waals surface area contributed by atoms with E-state index in [2.05, 4.69) is 0 Å². The fourth-order valence-corrected chi connectivity index (χ4v) is 2.44. The Labute approximate surface area is 142 Å². The number of methoxy groups -OCH3 is 1. The summed E-state index contributed by atoms with van der Waals surface area (Å²) < 4.78 is 11.0. The smallest absolute Gasteiger partial charge is 0.336 e. The molecule has 0 radical (unpaired) electrons. The van der Waals surface area contributed by atoms with E-state index in [9.17, 15) is 9.90 Å². The van der Waals surface area contributed by atoms with E-state index in [0.717, 1.165) is 11.1 Å². The van der Waals surface area contributed by atoms with Gasteiger partial charge in [-0.3, -0.25) is 0 Å². The second kappa shape index (κ2) is 7.68. The average molecular weight is 326 g/mol. The lowest BCUT2D eigenvalue weighted by Gasteiger charge is -2.13. The Hall–Kier alpha value is -2.75. The lowest BCUT2D eigenvalue weighted by Crippen LogP contribution is -2.02. The molecule has 0 bridgehead atoms. The van der Waals surface area contributed by atoms with Crippen LogP contribution >= 0.6 is 0 Å². The number of aliphatic carboxylic acids is 1. The maximum atomic E-state index is 11.8. The quantitative estimate of drug-likeness (QED) is 0.634. The van der Waals surface area contributed by atoms with Crippen LogP contribution in [0, 0.1) is 13.8 Å². The van der Waals surface area contributed by atoms with E-state index in [1.807, 2.05) is 51.1 Å². The average Bonchev–Trinajstić information content (AvgIpc) is 2.56. The first-order valence-electron chi connectivity index (χ1n) is 7.80. The van der Waals surface area contributed by atoms with Gasteiger partial charge < -0.3 is 14.6 Å². The first-order valence-corrected chi connectivity index (χ1v) is 7.80. The molecule has 0 unspecified atom stereocenters. The summed E-state index contributed by atoms with van der Waals surface area (Å²) in [6, 6.07) is 11.1. The molecule has 0 spiro atoms. The summed E-state index contributed by atoms with van der Waals surface area (Å²) in [7, 11) is 1.56. The van der Waals surface area contributed by atoms with Crippen molar-refractivity contribution in [3.05, 3.63) is 58.7 Å². The van der Waals surface area contributed by atoms with Gasteiger partial charge >= 0.3 is 5.97 Å². The highest BCUT2D eigenvalue weighted by molar-refractivity contribution is 6.20. The van der Waals surface area contributed by atoms with Crippen molar-refractivity contribution >= 4 is 17.6 Å². The predicted molar refractivity (Wildman–Crippen MR) is 95.6 cm³/mol. The zero-order valence-electron chi connectivity index (χ0n) is 14.4. The van der Waals surface area contributed by atoms with E-state index in [0.29, 0.717) is 29.2 Å². The van der Waals surface area contributed by atoms with Crippen LogP contribution in [0.2, 0.25) is 0 Å². The SMILES string of the molecule is CCOc1c(/C=C(\C(=O)O)c2ccc(C)c(C)c2)cccc1OC. The van der Waals surface area contributed by atoms with Crippen molar-refractivity contribution in [1.29, 1.82) is 0 Å². The minimum atomic E-state index is -0.983. The minimum Gasteiger partial charge on any atom is -0.493 e. The van der Waals surface area contributed by atoms with E-state index >= 15 is 0 Å². The number of para-hydroxylation sites is 1. The number of carboxylic acids is 1. The van der Waals surface area contributed by atoms with Gasteiger partial charge in [0.2, 0.25) is 0 Å². The number of carbonyl (C=O) groups is 1. The lowest BCUT2D eigenvalue weighted by atomic mass is 9.98. The van der Waals surface area contributed by atoms with Crippen molar-refractivity contribution < 1.29 is 19.4 Å². The third-order valence-electron chi connectivity index (χ3n) is 3.87. The van der Waals surface area contributed by atoms with Crippen LogP contribution in [0.15, 0.2) is 36.4 Å². The Morgan fingerprint density at radius 1 is 1.17 bits per heavy atom. The van der Waals surface area contributed by atoms with Gasteiger partial charge in [0.15, 0.2) is 11.5 Å². The Balaban J connectivity index is 2.60. The summed E-state index contributed by atoms with van der Waals surface area (Å²) in [6.07, 6.45) is 1.62. The second-order valence-corrected chi connectivity index (χ2v) is 5.47. The molecular formula is C20H22O4. The normalized spacial score (nSPS) is 11.2. The van der Waals surface area contributed by atoms with Gasteiger partial charge in [0.1, 0.15) is 0 Å². The molecule has 0 aliphatic heterocycles. The van der Waals surface area contributed by atoms with E-state index < -0.39 is 5.97 Å². The zero-order chi connectivity index (χ0) is 17.7. The molecule has 0 saturated carbocycles. The van der Waals surface area contributed by atoms with E-state index in [1.165, 1.54) is 0 Å². The number of hydrogen-bond donors (Lipinski definition) is 1. The largest absolute Gasteiger partial charge is 0.493 e. The number of hydrogen-bond acceptors (Lipinski definition) is 3. The van der Waals surface area contributed by atoms with Gasteiger partial charge in [0.05, 0.1) is 19.3 Å².